The van der Waals surface area contributed by atoms with Gasteiger partial charge in [-0.1, -0.05) is 56.3 Å². The second-order valence-corrected chi connectivity index (χ2v) is 18.9. The molecule has 0 radical (unpaired) electrons. The molecule has 0 bridgehead atoms. The lowest BCUT2D eigenvalue weighted by atomic mass is 10.1. The summed E-state index contributed by atoms with van der Waals surface area (Å²) in [5.41, 5.74) is 2.25. The van der Waals surface area contributed by atoms with Gasteiger partial charge in [-0.2, -0.15) is 0 Å². The fourth-order valence-electron chi connectivity index (χ4n) is 7.91. The minimum Gasteiger partial charge on any atom is -0.496 e. The number of nitrogens with one attached hydrogen (secondary N) is 2. The van der Waals surface area contributed by atoms with Crippen LogP contribution in [0.4, 0.5) is 0 Å². The van der Waals surface area contributed by atoms with Gasteiger partial charge in [0.25, 0.3) is 11.8 Å². The van der Waals surface area contributed by atoms with Crippen LogP contribution in [0.2, 0.25) is 0 Å². The van der Waals surface area contributed by atoms with E-state index in [0.29, 0.717) is 60.6 Å². The van der Waals surface area contributed by atoms with Gasteiger partial charge in [0.2, 0.25) is 15.9 Å². The fourth-order valence-corrected chi connectivity index (χ4v) is 10.2. The number of allylic oxidation sites excluding steroid dienone is 1. The number of pyridine rings is 1. The summed E-state index contributed by atoms with van der Waals surface area (Å²) < 4.78 is 46.9. The third-order valence-corrected chi connectivity index (χ3v) is 14.3. The van der Waals surface area contributed by atoms with Crippen LogP contribution in [0.1, 0.15) is 87.6 Å². The molecule has 0 spiro atoms. The van der Waals surface area contributed by atoms with Crippen molar-refractivity contribution in [2.24, 2.45) is 5.92 Å². The van der Waals surface area contributed by atoms with E-state index >= 15 is 0 Å². The van der Waals surface area contributed by atoms with Crippen LogP contribution in [0, 0.1) is 12.8 Å². The first-order valence-electron chi connectivity index (χ1n) is 20.0. The van der Waals surface area contributed by atoms with E-state index in [1.807, 2.05) is 73.0 Å². The van der Waals surface area contributed by atoms with E-state index in [1.54, 1.807) is 7.11 Å². The first kappa shape index (κ1) is 39.9. The van der Waals surface area contributed by atoms with Gasteiger partial charge in [-0.15, -0.1) is 11.3 Å². The monoisotopic (exact) mass is 827 g/mol. The van der Waals surface area contributed by atoms with Gasteiger partial charge < -0.3 is 24.4 Å². The molecule has 8 rings (SSSR count). The molecule has 1 saturated heterocycles. The van der Waals surface area contributed by atoms with Crippen molar-refractivity contribution in [3.63, 3.8) is 0 Å². The first-order valence-corrected chi connectivity index (χ1v) is 22.4. The number of amides is 3. The third-order valence-electron chi connectivity index (χ3n) is 11.6. The zero-order chi connectivity index (χ0) is 40.8. The Balaban J connectivity index is 1.16. The van der Waals surface area contributed by atoms with E-state index in [1.165, 1.54) is 16.2 Å². The van der Waals surface area contributed by atoms with Crippen molar-refractivity contribution < 1.29 is 37.0 Å². The number of benzene rings is 2. The summed E-state index contributed by atoms with van der Waals surface area (Å²) in [7, 11) is -2.27. The zero-order valence-corrected chi connectivity index (χ0v) is 34.7. The highest BCUT2D eigenvalue weighted by Gasteiger charge is 2.62. The second-order valence-electron chi connectivity index (χ2n) is 16.0. The van der Waals surface area contributed by atoms with Gasteiger partial charge in [-0.3, -0.25) is 19.1 Å². The Hall–Kier alpha value is -4.86. The highest BCUT2D eigenvalue weighted by molar-refractivity contribution is 7.91. The van der Waals surface area contributed by atoms with Gasteiger partial charge in [0.1, 0.15) is 39.9 Å². The van der Waals surface area contributed by atoms with Crippen molar-refractivity contribution in [1.82, 2.24) is 24.9 Å². The van der Waals surface area contributed by atoms with Crippen LogP contribution in [0.25, 0.3) is 21.6 Å². The third kappa shape index (κ3) is 7.95. The topological polar surface area (TPSA) is 166 Å². The second kappa shape index (κ2) is 16.1. The number of aromatic nitrogens is 2. The molecule has 2 aromatic heterocycles. The molecule has 4 heterocycles. The largest absolute Gasteiger partial charge is 0.496 e. The molecule has 15 heteroatoms. The molecule has 2 aliphatic carbocycles. The number of sulfonamides is 1. The summed E-state index contributed by atoms with van der Waals surface area (Å²) in [6, 6.07) is 13.7. The Morgan fingerprint density at radius 1 is 1.09 bits per heavy atom. The lowest BCUT2D eigenvalue weighted by Gasteiger charge is -2.29. The van der Waals surface area contributed by atoms with E-state index in [9.17, 15) is 22.8 Å². The Labute approximate surface area is 342 Å². The summed E-state index contributed by atoms with van der Waals surface area (Å²) in [6.45, 7) is 6.48. The molecule has 306 valence electrons. The number of fused-ring (bicyclic) bond motifs is 3. The fraction of sp³-hybridized carbons (Fsp3) is 0.465. The van der Waals surface area contributed by atoms with Crippen molar-refractivity contribution in [1.29, 1.82) is 0 Å². The van der Waals surface area contributed by atoms with E-state index < -0.39 is 62.7 Å². The number of hydrogen-bond acceptors (Lipinski definition) is 11. The van der Waals surface area contributed by atoms with Gasteiger partial charge in [0.15, 0.2) is 6.10 Å². The maximum absolute atomic E-state index is 14.8. The Morgan fingerprint density at radius 2 is 1.88 bits per heavy atom. The van der Waals surface area contributed by atoms with Crippen LogP contribution in [0.15, 0.2) is 66.1 Å². The van der Waals surface area contributed by atoms with Crippen LogP contribution < -0.4 is 19.5 Å². The predicted octanol–water partition coefficient (Wildman–Crippen LogP) is 6.13. The van der Waals surface area contributed by atoms with Crippen LogP contribution in [0.3, 0.4) is 0 Å². The van der Waals surface area contributed by atoms with Crippen molar-refractivity contribution in [2.75, 3.05) is 20.3 Å². The normalized spacial score (nSPS) is 25.4. The minimum atomic E-state index is -3.88. The number of methoxy groups -OCH3 is 1. The quantitative estimate of drug-likeness (QED) is 0.188. The van der Waals surface area contributed by atoms with Crippen molar-refractivity contribution in [2.45, 2.75) is 101 Å². The van der Waals surface area contributed by atoms with Crippen molar-refractivity contribution in [3.05, 3.63) is 82.9 Å². The van der Waals surface area contributed by atoms with E-state index in [-0.39, 0.29) is 25.3 Å². The van der Waals surface area contributed by atoms with Crippen LogP contribution >= 0.6 is 11.3 Å². The van der Waals surface area contributed by atoms with E-state index in [4.69, 9.17) is 24.2 Å². The standard InChI is InChI=1S/C43H49N5O8S2/c1-25(2)33-24-57-40(45-33)32-21-36(31-17-18-35(54-4)26(3)37(31)44-32)56-29-20-34-39(49)46-43(42(51)47-58(52,53)30-15-16-30)22-28(43)14-10-5-6-11-19-55-38(41(50)48(34)23-29)27-12-8-7-9-13-27/h7-10,12-14,17-18,21,24-25,28-30,34,38H,5-6,11,15-16,19-20,22-23H2,1-4H3,(H,46,49)(H,47,51). The van der Waals surface area contributed by atoms with E-state index in [0.717, 1.165) is 28.1 Å². The van der Waals surface area contributed by atoms with Gasteiger partial charge in [-0.25, -0.2) is 18.4 Å². The highest BCUT2D eigenvalue weighted by atomic mass is 32.2. The van der Waals surface area contributed by atoms with Gasteiger partial charge in [0.05, 0.1) is 30.1 Å². The molecule has 58 heavy (non-hydrogen) atoms. The summed E-state index contributed by atoms with van der Waals surface area (Å²) in [5.74, 6) is -0.733. The number of hydrogen-bond donors (Lipinski definition) is 2. The Bertz CT molecular complexity index is 2360. The molecule has 2 N–H and O–H groups in total. The summed E-state index contributed by atoms with van der Waals surface area (Å²) >= 11 is 1.50. The molecule has 5 unspecified atom stereocenters. The van der Waals surface area contributed by atoms with E-state index in [2.05, 4.69) is 23.9 Å². The molecular weight excluding hydrogens is 779 g/mol. The molecule has 4 aliphatic rings. The van der Waals surface area contributed by atoms with Gasteiger partial charge in [0, 0.05) is 41.3 Å². The van der Waals surface area contributed by atoms with Crippen LogP contribution in [-0.2, 0) is 29.1 Å². The van der Waals surface area contributed by atoms with Crippen LogP contribution in [0.5, 0.6) is 11.5 Å². The first-order chi connectivity index (χ1) is 27.9. The highest BCUT2D eigenvalue weighted by Crippen LogP contribution is 2.46. The average molecular weight is 828 g/mol. The van der Waals surface area contributed by atoms with Gasteiger partial charge in [-0.05, 0) is 69.1 Å². The number of nitrogens with zero attached hydrogens (tertiary/aromatic N) is 3. The molecule has 3 fully saturated rings. The maximum Gasteiger partial charge on any atom is 0.259 e. The molecule has 2 aromatic carbocycles. The molecule has 2 aliphatic heterocycles. The summed E-state index contributed by atoms with van der Waals surface area (Å²) in [4.78, 5) is 54.6. The number of ether oxygens (including phenoxy) is 3. The van der Waals surface area contributed by atoms with Crippen molar-refractivity contribution >= 4 is 50.0 Å². The number of aryl methyl sites for hydroxylation is 1. The number of rotatable bonds is 9. The zero-order valence-electron chi connectivity index (χ0n) is 33.1. The van der Waals surface area contributed by atoms with Crippen molar-refractivity contribution in [3.8, 4) is 22.2 Å². The average Bonchev–Trinajstić information content (AvgIpc) is 4.08. The maximum atomic E-state index is 14.8. The molecule has 4 aromatic rings. The molecular formula is C43H49N5O8S2. The molecule has 5 atom stereocenters. The summed E-state index contributed by atoms with van der Waals surface area (Å²) in [5, 5.41) is 5.83. The summed E-state index contributed by atoms with van der Waals surface area (Å²) in [6.07, 6.45) is 5.66. The van der Waals surface area contributed by atoms with Crippen LogP contribution in [-0.4, -0.2) is 84.2 Å². The lowest BCUT2D eigenvalue weighted by molar-refractivity contribution is -0.149. The lowest BCUT2D eigenvalue weighted by Crippen LogP contribution is -2.57. The SMILES string of the molecule is COc1ccc2c(OC3CC4C(=O)NC5(C(=O)NS(=O)(=O)C6CC6)CC5C=CCCCCOC(c5ccccc5)C(=O)N4C3)cc(-c3nc(C(C)C)cs3)nc2c1C. The molecule has 2 saturated carbocycles. The number of carbonyl (C=O) groups excluding carboxylic acids is 3. The predicted molar refractivity (Wildman–Crippen MR) is 220 cm³/mol. The molecule has 13 nitrogen and oxygen atoms in total. The minimum absolute atomic E-state index is 0.0469. The Kier molecular flexibility index (Phi) is 11.1. The Morgan fingerprint density at radius 3 is 2.60 bits per heavy atom. The number of thiazole rings is 1. The molecule has 3 amide bonds. The smallest absolute Gasteiger partial charge is 0.259 e. The van der Waals surface area contributed by atoms with Gasteiger partial charge >= 0.3 is 0 Å². The number of carbonyl (C=O) groups is 3.